The van der Waals surface area contributed by atoms with Crippen molar-refractivity contribution >= 4 is 29.3 Å². The number of hydrogen-bond acceptors (Lipinski definition) is 6. The average molecular weight is 453 g/mol. The predicted molar refractivity (Wildman–Crippen MR) is 123 cm³/mol. The summed E-state index contributed by atoms with van der Waals surface area (Å²) in [6, 6.07) is 17.1. The van der Waals surface area contributed by atoms with Gasteiger partial charge in [0.05, 0.1) is 0 Å². The van der Waals surface area contributed by atoms with Crippen molar-refractivity contribution in [1.82, 2.24) is 30.0 Å². The zero-order valence-corrected chi connectivity index (χ0v) is 18.6. The molecule has 4 rings (SSSR count). The normalized spacial score (nSPS) is 15.1. The van der Waals surface area contributed by atoms with Crippen LogP contribution in [0.1, 0.15) is 11.4 Å². The third-order valence-corrected chi connectivity index (χ3v) is 5.58. The van der Waals surface area contributed by atoms with Gasteiger partial charge < -0.3 is 9.64 Å². The molecule has 0 radical (unpaired) electrons. The fourth-order valence-corrected chi connectivity index (χ4v) is 3.66. The van der Waals surface area contributed by atoms with E-state index >= 15 is 0 Å². The van der Waals surface area contributed by atoms with Crippen LogP contribution in [-0.4, -0.2) is 75.2 Å². The molecule has 1 fully saturated rings. The molecule has 1 amide bonds. The van der Waals surface area contributed by atoms with Crippen LogP contribution in [0.4, 0.5) is 0 Å². The summed E-state index contributed by atoms with van der Waals surface area (Å²) in [4.78, 5) is 17.5. The van der Waals surface area contributed by atoms with Gasteiger partial charge in [-0.2, -0.15) is 4.68 Å². The minimum absolute atomic E-state index is 0.0821. The van der Waals surface area contributed by atoms with E-state index in [1.165, 1.54) is 4.68 Å². The molecule has 1 aliphatic rings. The molecule has 8 nitrogen and oxygen atoms in total. The van der Waals surface area contributed by atoms with Gasteiger partial charge in [0.2, 0.25) is 0 Å². The number of amides is 1. The highest BCUT2D eigenvalue weighted by molar-refractivity contribution is 6.30. The molecule has 166 valence electrons. The summed E-state index contributed by atoms with van der Waals surface area (Å²) in [6.07, 6.45) is 1.83. The summed E-state index contributed by atoms with van der Waals surface area (Å²) >= 11 is 5.90. The average Bonchev–Trinajstić information content (AvgIpc) is 3.25. The molecule has 1 aliphatic heterocycles. The van der Waals surface area contributed by atoms with Crippen molar-refractivity contribution in [3.05, 3.63) is 71.0 Å². The standard InChI is InChI=1S/C23H25ClN6O2/c1-18-25-26-27-30(18)22(17-19-5-3-2-4-6-19)23(31)29-13-11-28(12-14-29)15-16-32-21-9-7-20(24)8-10-21/h2-10,17H,11-16H2,1H3. The number of carbonyl (C=O) groups excluding carboxylic acids is 1. The van der Waals surface area contributed by atoms with Crippen molar-refractivity contribution < 1.29 is 9.53 Å². The summed E-state index contributed by atoms with van der Waals surface area (Å²) in [5.74, 6) is 1.29. The van der Waals surface area contributed by atoms with Crippen LogP contribution in [0.3, 0.4) is 0 Å². The molecular formula is C23H25ClN6O2. The predicted octanol–water partition coefficient (Wildman–Crippen LogP) is 2.86. The molecule has 0 bridgehead atoms. The second-order valence-electron chi connectivity index (χ2n) is 7.51. The molecule has 1 saturated heterocycles. The molecule has 3 aromatic rings. The summed E-state index contributed by atoms with van der Waals surface area (Å²) in [5.41, 5.74) is 1.36. The van der Waals surface area contributed by atoms with Crippen molar-refractivity contribution in [1.29, 1.82) is 0 Å². The number of nitrogens with zero attached hydrogens (tertiary/aromatic N) is 6. The second kappa shape index (κ2) is 10.4. The van der Waals surface area contributed by atoms with Gasteiger partial charge in [0.1, 0.15) is 18.1 Å². The van der Waals surface area contributed by atoms with Crippen LogP contribution in [0.5, 0.6) is 5.75 Å². The number of aromatic nitrogens is 4. The van der Waals surface area contributed by atoms with Gasteiger partial charge in [0.25, 0.3) is 5.91 Å². The van der Waals surface area contributed by atoms with Crippen molar-refractivity contribution in [3.8, 4) is 5.75 Å². The Balaban J connectivity index is 1.36. The summed E-state index contributed by atoms with van der Waals surface area (Å²) in [6.45, 7) is 5.98. The number of ether oxygens (including phenoxy) is 1. The Morgan fingerprint density at radius 1 is 1.06 bits per heavy atom. The minimum atomic E-state index is -0.0821. The maximum absolute atomic E-state index is 13.4. The lowest BCUT2D eigenvalue weighted by atomic mass is 10.1. The highest BCUT2D eigenvalue weighted by Gasteiger charge is 2.26. The lowest BCUT2D eigenvalue weighted by Crippen LogP contribution is -2.50. The molecule has 9 heteroatoms. The summed E-state index contributed by atoms with van der Waals surface area (Å²) in [5, 5.41) is 12.4. The number of tetrazole rings is 1. The van der Waals surface area contributed by atoms with Crippen molar-refractivity contribution in [2.45, 2.75) is 6.92 Å². The summed E-state index contributed by atoms with van der Waals surface area (Å²) < 4.78 is 7.29. The van der Waals surface area contributed by atoms with Gasteiger partial charge in [0, 0.05) is 37.7 Å². The number of aryl methyl sites for hydroxylation is 1. The van der Waals surface area contributed by atoms with Crippen molar-refractivity contribution in [3.63, 3.8) is 0 Å². The van der Waals surface area contributed by atoms with Crippen LogP contribution < -0.4 is 4.74 Å². The first kappa shape index (κ1) is 22.0. The van der Waals surface area contributed by atoms with Gasteiger partial charge in [-0.1, -0.05) is 41.9 Å². The smallest absolute Gasteiger partial charge is 0.272 e. The Labute approximate surface area is 192 Å². The number of rotatable bonds is 7. The molecule has 2 heterocycles. The SMILES string of the molecule is Cc1nnnn1C(=Cc1ccccc1)C(=O)N1CCN(CCOc2ccc(Cl)cc2)CC1. The summed E-state index contributed by atoms with van der Waals surface area (Å²) in [7, 11) is 0. The van der Waals surface area contributed by atoms with Crippen LogP contribution in [0.25, 0.3) is 11.8 Å². The van der Waals surface area contributed by atoms with Gasteiger partial charge >= 0.3 is 0 Å². The molecule has 0 aliphatic carbocycles. The highest BCUT2D eigenvalue weighted by atomic mass is 35.5. The topological polar surface area (TPSA) is 76.4 Å². The number of halogens is 1. The first-order chi connectivity index (χ1) is 15.6. The van der Waals surface area contributed by atoms with E-state index < -0.39 is 0 Å². The molecule has 0 unspecified atom stereocenters. The van der Waals surface area contributed by atoms with Crippen molar-refractivity contribution in [2.24, 2.45) is 0 Å². The maximum Gasteiger partial charge on any atom is 0.272 e. The molecule has 2 aromatic carbocycles. The van der Waals surface area contributed by atoms with Crippen LogP contribution in [-0.2, 0) is 4.79 Å². The fraction of sp³-hybridized carbons (Fsp3) is 0.304. The fourth-order valence-electron chi connectivity index (χ4n) is 3.53. The Morgan fingerprint density at radius 3 is 2.44 bits per heavy atom. The monoisotopic (exact) mass is 452 g/mol. The van der Waals surface area contributed by atoms with E-state index in [1.54, 1.807) is 6.92 Å². The zero-order chi connectivity index (χ0) is 22.3. The zero-order valence-electron chi connectivity index (χ0n) is 17.9. The number of piperazine rings is 1. The van der Waals surface area contributed by atoms with E-state index in [1.807, 2.05) is 65.6 Å². The molecular weight excluding hydrogens is 428 g/mol. The number of hydrogen-bond donors (Lipinski definition) is 0. The van der Waals surface area contributed by atoms with E-state index in [9.17, 15) is 4.79 Å². The van der Waals surface area contributed by atoms with E-state index in [0.717, 1.165) is 30.9 Å². The van der Waals surface area contributed by atoms with Crippen LogP contribution in [0.2, 0.25) is 5.02 Å². The molecule has 1 aromatic heterocycles. The molecule has 0 atom stereocenters. The molecule has 32 heavy (non-hydrogen) atoms. The first-order valence-electron chi connectivity index (χ1n) is 10.5. The quantitative estimate of drug-likeness (QED) is 0.513. The van der Waals surface area contributed by atoms with E-state index in [4.69, 9.17) is 16.3 Å². The molecule has 0 saturated carbocycles. The van der Waals surface area contributed by atoms with E-state index in [2.05, 4.69) is 20.4 Å². The van der Waals surface area contributed by atoms with Gasteiger partial charge in [0.15, 0.2) is 5.82 Å². The third-order valence-electron chi connectivity index (χ3n) is 5.33. The Morgan fingerprint density at radius 2 is 1.78 bits per heavy atom. The molecule has 0 spiro atoms. The highest BCUT2D eigenvalue weighted by Crippen LogP contribution is 2.17. The first-order valence-corrected chi connectivity index (χ1v) is 10.9. The number of benzene rings is 2. The second-order valence-corrected chi connectivity index (χ2v) is 7.95. The largest absolute Gasteiger partial charge is 0.492 e. The minimum Gasteiger partial charge on any atom is -0.492 e. The third kappa shape index (κ3) is 5.52. The Kier molecular flexibility index (Phi) is 7.14. The molecule has 0 N–H and O–H groups in total. The lowest BCUT2D eigenvalue weighted by molar-refractivity contribution is -0.127. The Hall–Kier alpha value is -3.23. The van der Waals surface area contributed by atoms with Gasteiger partial charge in [-0.3, -0.25) is 9.69 Å². The lowest BCUT2D eigenvalue weighted by Gasteiger charge is -2.35. The van der Waals surface area contributed by atoms with E-state index in [0.29, 0.717) is 36.2 Å². The van der Waals surface area contributed by atoms with E-state index in [-0.39, 0.29) is 5.91 Å². The number of carbonyl (C=O) groups is 1. The Bertz CT molecular complexity index is 1060. The van der Waals surface area contributed by atoms with Crippen molar-refractivity contribution in [2.75, 3.05) is 39.3 Å². The van der Waals surface area contributed by atoms with Gasteiger partial charge in [-0.25, -0.2) is 0 Å². The van der Waals surface area contributed by atoms with Crippen LogP contribution in [0.15, 0.2) is 54.6 Å². The van der Waals surface area contributed by atoms with Crippen LogP contribution >= 0.6 is 11.6 Å². The maximum atomic E-state index is 13.4. The van der Waals surface area contributed by atoms with Crippen LogP contribution in [0, 0.1) is 6.92 Å². The van der Waals surface area contributed by atoms with Gasteiger partial charge in [-0.05, 0) is 53.3 Å². The van der Waals surface area contributed by atoms with Gasteiger partial charge in [-0.15, -0.1) is 5.10 Å².